The van der Waals surface area contributed by atoms with E-state index in [1.165, 1.54) is 17.8 Å². The molecule has 2 aromatic rings. The van der Waals surface area contributed by atoms with Crippen LogP contribution in [0.5, 0.6) is 0 Å². The van der Waals surface area contributed by atoms with Crippen molar-refractivity contribution in [3.05, 3.63) is 51.3 Å². The summed E-state index contributed by atoms with van der Waals surface area (Å²) in [5.41, 5.74) is -0.192. The Balaban J connectivity index is 2.16. The van der Waals surface area contributed by atoms with Crippen LogP contribution < -0.4 is 5.56 Å². The summed E-state index contributed by atoms with van der Waals surface area (Å²) in [5.74, 6) is 0.494. The van der Waals surface area contributed by atoms with Gasteiger partial charge in [-0.05, 0) is 32.4 Å². The Morgan fingerprint density at radius 2 is 2.04 bits per heavy atom. The van der Waals surface area contributed by atoms with Crippen molar-refractivity contribution < 1.29 is 13.2 Å². The molecule has 0 saturated carbocycles. The largest absolute Gasteiger partial charge is 0.416 e. The Hall–Kier alpha value is -1.96. The van der Waals surface area contributed by atoms with Gasteiger partial charge in [-0.25, -0.2) is 4.99 Å². The Morgan fingerprint density at radius 1 is 1.33 bits per heavy atom. The monoisotopic (exact) mass is 355 g/mol. The van der Waals surface area contributed by atoms with Gasteiger partial charge in [-0.1, -0.05) is 30.0 Å². The molecule has 1 aromatic carbocycles. The zero-order valence-electron chi connectivity index (χ0n) is 13.3. The third kappa shape index (κ3) is 2.90. The number of aliphatic imine (C=N–C) groups is 1. The molecule has 0 amide bonds. The first-order valence-electron chi connectivity index (χ1n) is 7.42. The first-order valence-corrected chi connectivity index (χ1v) is 8.30. The highest BCUT2D eigenvalue weighted by Gasteiger charge is 2.34. The Kier molecular flexibility index (Phi) is 4.11. The van der Waals surface area contributed by atoms with E-state index < -0.39 is 17.0 Å². The molecular formula is C16H16F3N3OS. The van der Waals surface area contributed by atoms with E-state index in [1.54, 1.807) is 17.7 Å². The number of benzene rings is 1. The summed E-state index contributed by atoms with van der Waals surface area (Å²) >= 11 is 1.29. The first-order chi connectivity index (χ1) is 11.2. The van der Waals surface area contributed by atoms with Crippen molar-refractivity contribution in [2.45, 2.75) is 38.2 Å². The fourth-order valence-corrected chi connectivity index (χ4v) is 3.79. The predicted molar refractivity (Wildman–Crippen MR) is 89.1 cm³/mol. The highest BCUT2D eigenvalue weighted by Crippen LogP contribution is 2.45. The molecule has 3 rings (SSSR count). The number of halogens is 3. The summed E-state index contributed by atoms with van der Waals surface area (Å²) in [6.45, 7) is 5.60. The van der Waals surface area contributed by atoms with Gasteiger partial charge in [0.1, 0.15) is 0 Å². The number of alkyl halides is 3. The van der Waals surface area contributed by atoms with E-state index in [9.17, 15) is 18.0 Å². The van der Waals surface area contributed by atoms with Crippen molar-refractivity contribution >= 4 is 22.6 Å². The van der Waals surface area contributed by atoms with Crippen LogP contribution in [0, 0.1) is 0 Å². The topological polar surface area (TPSA) is 50.1 Å². The molecule has 0 saturated heterocycles. The minimum absolute atomic E-state index is 0.0109. The molecule has 2 heterocycles. The van der Waals surface area contributed by atoms with Crippen LogP contribution in [0.15, 0.2) is 34.1 Å². The van der Waals surface area contributed by atoms with Crippen molar-refractivity contribution in [1.29, 1.82) is 0 Å². The van der Waals surface area contributed by atoms with E-state index >= 15 is 0 Å². The van der Waals surface area contributed by atoms with E-state index in [0.29, 0.717) is 22.0 Å². The number of hydrogen-bond donors (Lipinski definition) is 1. The highest BCUT2D eigenvalue weighted by molar-refractivity contribution is 8.14. The van der Waals surface area contributed by atoms with Gasteiger partial charge >= 0.3 is 6.18 Å². The fourth-order valence-electron chi connectivity index (χ4n) is 2.70. The summed E-state index contributed by atoms with van der Waals surface area (Å²) in [6.07, 6.45) is -4.42. The van der Waals surface area contributed by atoms with E-state index in [-0.39, 0.29) is 11.6 Å². The molecule has 1 aliphatic heterocycles. The second-order valence-corrected chi connectivity index (χ2v) is 7.19. The second kappa shape index (κ2) is 5.84. The predicted octanol–water partition coefficient (Wildman–Crippen LogP) is 4.66. The van der Waals surface area contributed by atoms with Crippen LogP contribution in [0.1, 0.15) is 48.8 Å². The summed E-state index contributed by atoms with van der Waals surface area (Å²) in [6, 6.07) is 5.10. The van der Waals surface area contributed by atoms with Gasteiger partial charge in [0, 0.05) is 6.04 Å². The molecule has 24 heavy (non-hydrogen) atoms. The number of hydrogen-bond acceptors (Lipinski definition) is 3. The third-order valence-corrected chi connectivity index (χ3v) is 4.96. The van der Waals surface area contributed by atoms with Gasteiger partial charge in [0.15, 0.2) is 5.82 Å². The van der Waals surface area contributed by atoms with Crippen LogP contribution in [0.2, 0.25) is 0 Å². The van der Waals surface area contributed by atoms with Gasteiger partial charge in [-0.2, -0.15) is 13.2 Å². The first kappa shape index (κ1) is 16.9. The third-order valence-electron chi connectivity index (χ3n) is 3.78. The van der Waals surface area contributed by atoms with Crippen LogP contribution in [0.4, 0.5) is 19.0 Å². The Morgan fingerprint density at radius 3 is 2.67 bits per heavy atom. The molecule has 1 unspecified atom stereocenters. The quantitative estimate of drug-likeness (QED) is 0.852. The fraction of sp³-hybridized carbons (Fsp3) is 0.375. The van der Waals surface area contributed by atoms with Crippen molar-refractivity contribution in [2.75, 3.05) is 0 Å². The molecule has 4 nitrogen and oxygen atoms in total. The molecule has 1 aromatic heterocycles. The maximum absolute atomic E-state index is 13.0. The SMILES string of the molecule is CC1=Nc2c(c(=O)[nH]n2C(C)C)C(c2cccc(C(F)(F)F)c2)S1. The number of thioether (sulfide) groups is 1. The van der Waals surface area contributed by atoms with E-state index in [2.05, 4.69) is 10.1 Å². The van der Waals surface area contributed by atoms with Crippen molar-refractivity contribution in [3.63, 3.8) is 0 Å². The lowest BCUT2D eigenvalue weighted by molar-refractivity contribution is -0.137. The number of rotatable bonds is 2. The summed E-state index contributed by atoms with van der Waals surface area (Å²) in [4.78, 5) is 16.8. The van der Waals surface area contributed by atoms with Gasteiger partial charge < -0.3 is 0 Å². The van der Waals surface area contributed by atoms with Gasteiger partial charge in [0.2, 0.25) is 0 Å². The Bertz CT molecular complexity index is 864. The van der Waals surface area contributed by atoms with Crippen LogP contribution in [0.25, 0.3) is 0 Å². The molecule has 0 radical (unpaired) electrons. The summed E-state index contributed by atoms with van der Waals surface area (Å²) < 4.78 is 40.6. The average molecular weight is 355 g/mol. The maximum atomic E-state index is 13.0. The minimum atomic E-state index is -4.42. The van der Waals surface area contributed by atoms with E-state index in [0.717, 1.165) is 12.1 Å². The standard InChI is InChI=1S/C16H16F3N3OS/c1-8(2)22-14-12(15(23)21-22)13(24-9(3)20-14)10-5-4-6-11(7-10)16(17,18)19/h4-8,13H,1-3H3,(H,21,23). The number of H-pyrrole nitrogens is 1. The molecule has 1 atom stereocenters. The van der Waals surface area contributed by atoms with Crippen LogP contribution >= 0.6 is 11.8 Å². The highest BCUT2D eigenvalue weighted by atomic mass is 32.2. The average Bonchev–Trinajstić information content (AvgIpc) is 2.83. The zero-order chi connectivity index (χ0) is 17.6. The van der Waals surface area contributed by atoms with E-state index in [1.807, 2.05) is 13.8 Å². The zero-order valence-corrected chi connectivity index (χ0v) is 14.1. The van der Waals surface area contributed by atoms with Gasteiger partial charge in [0.05, 0.1) is 21.4 Å². The lowest BCUT2D eigenvalue weighted by atomic mass is 10.0. The van der Waals surface area contributed by atoms with Crippen LogP contribution in [0.3, 0.4) is 0 Å². The molecule has 0 fully saturated rings. The van der Waals surface area contributed by atoms with Crippen molar-refractivity contribution in [2.24, 2.45) is 4.99 Å². The number of aromatic nitrogens is 2. The second-order valence-electron chi connectivity index (χ2n) is 5.89. The molecule has 128 valence electrons. The smallest absolute Gasteiger partial charge is 0.268 e. The van der Waals surface area contributed by atoms with Crippen molar-refractivity contribution in [3.8, 4) is 0 Å². The number of nitrogens with one attached hydrogen (secondary N) is 1. The van der Waals surface area contributed by atoms with Crippen molar-refractivity contribution in [1.82, 2.24) is 9.78 Å². The van der Waals surface area contributed by atoms with Gasteiger partial charge in [-0.3, -0.25) is 14.6 Å². The molecule has 0 aliphatic carbocycles. The lowest BCUT2D eigenvalue weighted by Crippen LogP contribution is -2.14. The summed E-state index contributed by atoms with van der Waals surface area (Å²) in [5, 5.41) is 2.93. The van der Waals surface area contributed by atoms with Gasteiger partial charge in [0.25, 0.3) is 5.56 Å². The van der Waals surface area contributed by atoms with E-state index in [4.69, 9.17) is 0 Å². The molecule has 8 heteroatoms. The molecular weight excluding hydrogens is 339 g/mol. The number of aromatic amines is 1. The Labute approximate surface area is 140 Å². The molecule has 1 N–H and O–H groups in total. The summed E-state index contributed by atoms with van der Waals surface area (Å²) in [7, 11) is 0. The lowest BCUT2D eigenvalue weighted by Gasteiger charge is -2.22. The number of fused-ring (bicyclic) bond motifs is 1. The van der Waals surface area contributed by atoms with Crippen LogP contribution in [-0.4, -0.2) is 14.8 Å². The maximum Gasteiger partial charge on any atom is 0.416 e. The van der Waals surface area contributed by atoms with Gasteiger partial charge in [-0.15, -0.1) is 0 Å². The van der Waals surface area contributed by atoms with Crippen LogP contribution in [-0.2, 0) is 6.18 Å². The minimum Gasteiger partial charge on any atom is -0.268 e. The molecule has 1 aliphatic rings. The molecule has 0 spiro atoms. The normalized spacial score (nSPS) is 17.8. The number of nitrogens with zero attached hydrogens (tertiary/aromatic N) is 2. The molecule has 0 bridgehead atoms.